The highest BCUT2D eigenvalue weighted by Crippen LogP contribution is 2.36. The minimum absolute atomic E-state index is 0. The largest absolute Gasteiger partial charge is 0.494 e. The molecule has 5 rings (SSSR count). The van der Waals surface area contributed by atoms with Gasteiger partial charge in [0, 0.05) is 47.4 Å². The Kier molecular flexibility index (Phi) is 10.5. The zero-order valence-electron chi connectivity index (χ0n) is 26.6. The highest BCUT2D eigenvalue weighted by atomic mass is 35.5. The number of nitrogens with one attached hydrogen (secondary N) is 3. The molecule has 2 aromatic carbocycles. The number of rotatable bonds is 9. The minimum Gasteiger partial charge on any atom is -0.494 e. The van der Waals surface area contributed by atoms with E-state index in [1.165, 1.54) is 6.33 Å². The lowest BCUT2D eigenvalue weighted by Crippen LogP contribution is -2.57. The number of likely N-dealkylation sites (tertiary alicyclic amines) is 1. The van der Waals surface area contributed by atoms with E-state index < -0.39 is 23.4 Å². The molecule has 3 heterocycles. The average molecular weight is 635 g/mol. The van der Waals surface area contributed by atoms with Gasteiger partial charge in [-0.1, -0.05) is 26.8 Å². The Morgan fingerprint density at radius 1 is 1.04 bits per heavy atom. The predicted octanol–water partition coefficient (Wildman–Crippen LogP) is 4.88. The number of carbonyl (C=O) groups is 2. The van der Waals surface area contributed by atoms with Crippen LogP contribution in [0.25, 0.3) is 21.8 Å². The molecule has 1 aliphatic heterocycles. The topological polar surface area (TPSA) is 147 Å². The number of anilines is 3. The summed E-state index contributed by atoms with van der Waals surface area (Å²) in [7, 11) is 3.38. The third kappa shape index (κ3) is 6.95. The number of halogens is 1. The standard InChI is InChI=1S/C33H42N8O3.ClH/c1-19(35-5)29(34)28(33(2,3)4)32(43)41-15-9-13-26(41)31(42)40-25-16-21-24(17-27(25)44-6)37-18-38-30(21)39-23-12-7-11-22-20(23)10-8-14-36-22;/h7-8,10-12,14,16-19,26,28-29,35H,9,13,15,34H2,1-6H3,(H,40,42)(H,37,38,39);1H/t19-,26-,28-,29?;/m0./s1. The summed E-state index contributed by atoms with van der Waals surface area (Å²) in [4.78, 5) is 42.9. The fraction of sp³-hybridized carbons (Fsp3) is 0.424. The predicted molar refractivity (Wildman–Crippen MR) is 181 cm³/mol. The molecule has 11 nitrogen and oxygen atoms in total. The number of fused-ring (bicyclic) bond motifs is 2. The highest BCUT2D eigenvalue weighted by Gasteiger charge is 2.44. The first kappa shape index (κ1) is 33.8. The number of aromatic nitrogens is 3. The second-order valence-electron chi connectivity index (χ2n) is 12.5. The molecule has 0 bridgehead atoms. The number of amides is 2. The van der Waals surface area contributed by atoms with E-state index in [0.29, 0.717) is 41.1 Å². The molecular formula is C33H43ClN8O3. The Labute approximate surface area is 270 Å². The van der Waals surface area contributed by atoms with Crippen molar-refractivity contribution in [2.24, 2.45) is 17.1 Å². The fourth-order valence-corrected chi connectivity index (χ4v) is 6.08. The van der Waals surface area contributed by atoms with E-state index in [0.717, 1.165) is 23.0 Å². The number of benzene rings is 2. The SMILES string of the molecule is CN[C@@H](C)C(N)[C@@H](C(=O)N1CCC[C@H]1C(=O)Nc1cc2c(Nc3cccc4ncccc34)ncnc2cc1OC)C(C)(C)C.Cl. The molecule has 4 atom stereocenters. The summed E-state index contributed by atoms with van der Waals surface area (Å²) in [5, 5.41) is 11.3. The van der Waals surface area contributed by atoms with Gasteiger partial charge in [-0.15, -0.1) is 12.4 Å². The molecule has 1 fully saturated rings. The normalized spacial score (nSPS) is 17.0. The molecular weight excluding hydrogens is 592 g/mol. The monoisotopic (exact) mass is 634 g/mol. The lowest BCUT2D eigenvalue weighted by atomic mass is 9.73. The molecule has 1 unspecified atom stereocenters. The molecule has 2 amide bonds. The van der Waals surface area contributed by atoms with Gasteiger partial charge in [0.25, 0.3) is 0 Å². The third-order valence-electron chi connectivity index (χ3n) is 8.57. The van der Waals surface area contributed by atoms with Crippen LogP contribution in [0, 0.1) is 11.3 Å². The Morgan fingerprint density at radius 2 is 1.82 bits per heavy atom. The van der Waals surface area contributed by atoms with Crippen LogP contribution in [-0.2, 0) is 9.59 Å². The van der Waals surface area contributed by atoms with Gasteiger partial charge in [0.15, 0.2) is 0 Å². The average Bonchev–Trinajstić information content (AvgIpc) is 3.50. The number of ether oxygens (including phenoxy) is 1. The van der Waals surface area contributed by atoms with Gasteiger partial charge in [0.1, 0.15) is 23.9 Å². The van der Waals surface area contributed by atoms with Gasteiger partial charge in [-0.2, -0.15) is 0 Å². The molecule has 1 saturated heterocycles. The summed E-state index contributed by atoms with van der Waals surface area (Å²) >= 11 is 0. The molecule has 0 spiro atoms. The highest BCUT2D eigenvalue weighted by molar-refractivity contribution is 6.03. The summed E-state index contributed by atoms with van der Waals surface area (Å²) < 4.78 is 5.65. The quantitative estimate of drug-likeness (QED) is 0.202. The lowest BCUT2D eigenvalue weighted by Gasteiger charge is -2.40. The maximum atomic E-state index is 14.0. The van der Waals surface area contributed by atoms with Crippen molar-refractivity contribution >= 4 is 63.2 Å². The molecule has 5 N–H and O–H groups in total. The Morgan fingerprint density at radius 3 is 2.53 bits per heavy atom. The summed E-state index contributed by atoms with van der Waals surface area (Å²) in [5.74, 6) is 0.187. The summed E-state index contributed by atoms with van der Waals surface area (Å²) in [6, 6.07) is 12.2. The maximum Gasteiger partial charge on any atom is 0.247 e. The second-order valence-corrected chi connectivity index (χ2v) is 12.5. The van der Waals surface area contributed by atoms with Crippen molar-refractivity contribution in [3.63, 3.8) is 0 Å². The number of pyridine rings is 1. The van der Waals surface area contributed by atoms with Gasteiger partial charge in [0.05, 0.1) is 29.7 Å². The summed E-state index contributed by atoms with van der Waals surface area (Å²) in [6.07, 6.45) is 4.53. The van der Waals surface area contributed by atoms with Crippen LogP contribution in [-0.4, -0.2) is 70.5 Å². The van der Waals surface area contributed by atoms with Crippen LogP contribution in [0.4, 0.5) is 17.2 Å². The van der Waals surface area contributed by atoms with Gasteiger partial charge in [-0.05, 0) is 62.6 Å². The number of hydrogen-bond donors (Lipinski definition) is 4. The molecule has 2 aromatic heterocycles. The summed E-state index contributed by atoms with van der Waals surface area (Å²) in [6.45, 7) is 8.53. The number of likely N-dealkylation sites (N-methyl/N-ethyl adjacent to an activating group) is 1. The van der Waals surface area contributed by atoms with Gasteiger partial charge in [-0.3, -0.25) is 14.6 Å². The number of nitrogens with zero attached hydrogens (tertiary/aromatic N) is 4. The summed E-state index contributed by atoms with van der Waals surface area (Å²) in [5.41, 5.74) is 9.04. The van der Waals surface area contributed by atoms with Gasteiger partial charge < -0.3 is 31.3 Å². The van der Waals surface area contributed by atoms with E-state index in [1.807, 2.05) is 65.1 Å². The zero-order valence-corrected chi connectivity index (χ0v) is 27.4. The molecule has 0 saturated carbocycles. The van der Waals surface area contributed by atoms with E-state index in [4.69, 9.17) is 10.5 Å². The van der Waals surface area contributed by atoms with Gasteiger partial charge in [0.2, 0.25) is 11.8 Å². The first-order valence-corrected chi connectivity index (χ1v) is 15.0. The Hall–Kier alpha value is -4.06. The second kappa shape index (κ2) is 13.9. The zero-order chi connectivity index (χ0) is 31.6. The molecule has 45 heavy (non-hydrogen) atoms. The van der Waals surface area contributed by atoms with Gasteiger partial charge >= 0.3 is 0 Å². The number of nitrogens with two attached hydrogens (primary N) is 1. The first-order chi connectivity index (χ1) is 21.0. The van der Waals surface area contributed by atoms with Crippen molar-refractivity contribution in [1.82, 2.24) is 25.2 Å². The lowest BCUT2D eigenvalue weighted by molar-refractivity contribution is -0.144. The number of hydrogen-bond acceptors (Lipinski definition) is 9. The van der Waals surface area contributed by atoms with Crippen molar-refractivity contribution in [1.29, 1.82) is 0 Å². The molecule has 240 valence electrons. The van der Waals surface area contributed by atoms with E-state index in [9.17, 15) is 9.59 Å². The van der Waals surface area contributed by atoms with Crippen LogP contribution in [0.2, 0.25) is 0 Å². The van der Waals surface area contributed by atoms with Crippen LogP contribution in [0.3, 0.4) is 0 Å². The molecule has 12 heteroatoms. The van der Waals surface area contributed by atoms with Crippen molar-refractivity contribution in [3.05, 3.63) is 55.0 Å². The Balaban J connectivity index is 0.00000461. The van der Waals surface area contributed by atoms with Crippen molar-refractivity contribution in [2.75, 3.05) is 31.3 Å². The maximum absolute atomic E-state index is 14.0. The van der Waals surface area contributed by atoms with Crippen LogP contribution in [0.15, 0.2) is 55.0 Å². The van der Waals surface area contributed by atoms with E-state index >= 15 is 0 Å². The van der Waals surface area contributed by atoms with Crippen molar-refractivity contribution in [2.45, 2.75) is 58.7 Å². The van der Waals surface area contributed by atoms with Crippen LogP contribution in [0.1, 0.15) is 40.5 Å². The molecule has 4 aromatic rings. The van der Waals surface area contributed by atoms with Crippen molar-refractivity contribution in [3.8, 4) is 5.75 Å². The number of carbonyl (C=O) groups excluding carboxylic acids is 2. The Bertz CT molecular complexity index is 1670. The molecule has 0 radical (unpaired) electrons. The van der Waals surface area contributed by atoms with Crippen LogP contribution < -0.4 is 26.4 Å². The third-order valence-corrected chi connectivity index (χ3v) is 8.57. The fourth-order valence-electron chi connectivity index (χ4n) is 6.08. The van der Waals surface area contributed by atoms with Gasteiger partial charge in [-0.25, -0.2) is 9.97 Å². The van der Waals surface area contributed by atoms with E-state index in [2.05, 4.69) is 30.9 Å². The minimum atomic E-state index is -0.627. The van der Waals surface area contributed by atoms with Crippen LogP contribution in [0.5, 0.6) is 5.75 Å². The molecule has 1 aliphatic rings. The first-order valence-electron chi connectivity index (χ1n) is 15.0. The van der Waals surface area contributed by atoms with Crippen LogP contribution >= 0.6 is 12.4 Å². The van der Waals surface area contributed by atoms with E-state index in [1.54, 1.807) is 30.3 Å². The molecule has 0 aliphatic carbocycles. The van der Waals surface area contributed by atoms with Crippen molar-refractivity contribution < 1.29 is 14.3 Å². The number of methoxy groups -OCH3 is 1. The smallest absolute Gasteiger partial charge is 0.247 e. The van der Waals surface area contributed by atoms with E-state index in [-0.39, 0.29) is 30.3 Å².